The molecule has 0 aromatic rings. The van der Waals surface area contributed by atoms with E-state index >= 15 is 0 Å². The van der Waals surface area contributed by atoms with Gasteiger partial charge in [0.05, 0.1) is 5.60 Å². The van der Waals surface area contributed by atoms with Crippen LogP contribution in [0.5, 0.6) is 0 Å². The van der Waals surface area contributed by atoms with Gasteiger partial charge < -0.3 is 10.2 Å². The first kappa shape index (κ1) is 14.3. The zero-order valence-corrected chi connectivity index (χ0v) is 11.8. The lowest BCUT2D eigenvalue weighted by Crippen LogP contribution is -2.46. The summed E-state index contributed by atoms with van der Waals surface area (Å²) in [6.07, 6.45) is 8.82. The maximum absolute atomic E-state index is 10.7. The molecule has 0 radical (unpaired) electrons. The molecule has 0 saturated heterocycles. The van der Waals surface area contributed by atoms with Gasteiger partial charge in [0, 0.05) is 19.2 Å². The zero-order valence-electron chi connectivity index (χ0n) is 11.8. The number of aliphatic hydroxyl groups is 2. The molecule has 0 bridgehead atoms. The highest BCUT2D eigenvalue weighted by Crippen LogP contribution is 2.35. The quantitative estimate of drug-likeness (QED) is 0.685. The SMILES string of the molecule is CC1CCC(O)(CN(CCCCO)C2CC2)CC1. The topological polar surface area (TPSA) is 43.7 Å². The van der Waals surface area contributed by atoms with Gasteiger partial charge in [-0.2, -0.15) is 0 Å². The first-order chi connectivity index (χ1) is 8.63. The average molecular weight is 255 g/mol. The molecule has 18 heavy (non-hydrogen) atoms. The minimum Gasteiger partial charge on any atom is -0.396 e. The minimum absolute atomic E-state index is 0.292. The van der Waals surface area contributed by atoms with Crippen molar-refractivity contribution in [1.82, 2.24) is 4.90 Å². The molecule has 2 aliphatic carbocycles. The van der Waals surface area contributed by atoms with E-state index in [4.69, 9.17) is 5.11 Å². The predicted octanol–water partition coefficient (Wildman–Crippen LogP) is 2.16. The highest BCUT2D eigenvalue weighted by Gasteiger charge is 2.37. The second kappa shape index (κ2) is 6.36. The normalized spacial score (nSPS) is 33.0. The van der Waals surface area contributed by atoms with Crippen LogP contribution in [0.4, 0.5) is 0 Å². The summed E-state index contributed by atoms with van der Waals surface area (Å²) in [5.41, 5.74) is -0.436. The Morgan fingerprint density at radius 3 is 2.33 bits per heavy atom. The van der Waals surface area contributed by atoms with Gasteiger partial charge in [-0.15, -0.1) is 0 Å². The standard InChI is InChI=1S/C15H29NO2/c1-13-6-8-15(18,9-7-13)12-16(14-4-5-14)10-2-3-11-17/h13-14,17-18H,2-12H2,1H3. The summed E-state index contributed by atoms with van der Waals surface area (Å²) in [7, 11) is 0. The molecule has 2 fully saturated rings. The fourth-order valence-corrected chi connectivity index (χ4v) is 3.09. The summed E-state index contributed by atoms with van der Waals surface area (Å²) in [6.45, 7) is 4.48. The lowest BCUT2D eigenvalue weighted by molar-refractivity contribution is -0.0372. The van der Waals surface area contributed by atoms with Crippen LogP contribution in [0.3, 0.4) is 0 Å². The van der Waals surface area contributed by atoms with Crippen molar-refractivity contribution in [3.8, 4) is 0 Å². The molecule has 2 saturated carbocycles. The van der Waals surface area contributed by atoms with Gasteiger partial charge in [0.25, 0.3) is 0 Å². The molecule has 0 aliphatic heterocycles. The fraction of sp³-hybridized carbons (Fsp3) is 1.00. The Morgan fingerprint density at radius 2 is 1.78 bits per heavy atom. The van der Waals surface area contributed by atoms with E-state index in [9.17, 15) is 5.11 Å². The molecule has 2 aliphatic rings. The van der Waals surface area contributed by atoms with Crippen LogP contribution in [-0.2, 0) is 0 Å². The minimum atomic E-state index is -0.436. The zero-order chi connectivity index (χ0) is 13.0. The van der Waals surface area contributed by atoms with E-state index in [1.54, 1.807) is 0 Å². The van der Waals surface area contributed by atoms with E-state index in [2.05, 4.69) is 11.8 Å². The Balaban J connectivity index is 1.80. The molecule has 2 rings (SSSR count). The van der Waals surface area contributed by atoms with Crippen molar-refractivity contribution < 1.29 is 10.2 Å². The van der Waals surface area contributed by atoms with E-state index in [1.807, 2.05) is 0 Å². The second-order valence-corrected chi connectivity index (χ2v) is 6.54. The molecule has 0 atom stereocenters. The van der Waals surface area contributed by atoms with Crippen LogP contribution in [0.25, 0.3) is 0 Å². The lowest BCUT2D eigenvalue weighted by atomic mass is 9.79. The molecule has 0 spiro atoms. The van der Waals surface area contributed by atoms with Gasteiger partial charge >= 0.3 is 0 Å². The second-order valence-electron chi connectivity index (χ2n) is 6.54. The molecule has 2 N–H and O–H groups in total. The summed E-state index contributed by atoms with van der Waals surface area (Å²) in [6, 6.07) is 0.715. The van der Waals surface area contributed by atoms with Crippen molar-refractivity contribution >= 4 is 0 Å². The highest BCUT2D eigenvalue weighted by molar-refractivity contribution is 4.92. The number of hydrogen-bond acceptors (Lipinski definition) is 3. The third-order valence-corrected chi connectivity index (χ3v) is 4.62. The van der Waals surface area contributed by atoms with E-state index in [0.717, 1.165) is 44.7 Å². The summed E-state index contributed by atoms with van der Waals surface area (Å²) in [5, 5.41) is 19.6. The Morgan fingerprint density at radius 1 is 1.11 bits per heavy atom. The monoisotopic (exact) mass is 255 g/mol. The maximum Gasteiger partial charge on any atom is 0.0774 e. The first-order valence-corrected chi connectivity index (χ1v) is 7.70. The summed E-state index contributed by atoms with van der Waals surface area (Å²) in [4.78, 5) is 2.48. The maximum atomic E-state index is 10.7. The van der Waals surface area contributed by atoms with Crippen molar-refractivity contribution in [3.05, 3.63) is 0 Å². The van der Waals surface area contributed by atoms with Crippen molar-refractivity contribution in [3.63, 3.8) is 0 Å². The van der Waals surface area contributed by atoms with E-state index in [1.165, 1.54) is 25.7 Å². The fourth-order valence-electron chi connectivity index (χ4n) is 3.09. The van der Waals surface area contributed by atoms with Crippen molar-refractivity contribution in [2.45, 2.75) is 69.9 Å². The molecule has 106 valence electrons. The van der Waals surface area contributed by atoms with Gasteiger partial charge in [0.2, 0.25) is 0 Å². The third-order valence-electron chi connectivity index (χ3n) is 4.62. The van der Waals surface area contributed by atoms with Crippen LogP contribution in [0.1, 0.15) is 58.3 Å². The van der Waals surface area contributed by atoms with Gasteiger partial charge in [0.15, 0.2) is 0 Å². The summed E-state index contributed by atoms with van der Waals surface area (Å²) < 4.78 is 0. The van der Waals surface area contributed by atoms with Crippen LogP contribution in [0, 0.1) is 5.92 Å². The summed E-state index contributed by atoms with van der Waals surface area (Å²) >= 11 is 0. The molecule has 0 unspecified atom stereocenters. The first-order valence-electron chi connectivity index (χ1n) is 7.70. The Labute approximate surface area is 111 Å². The molecule has 0 amide bonds. The Hall–Kier alpha value is -0.120. The Bertz CT molecular complexity index is 245. The molecule has 0 heterocycles. The molecule has 0 aromatic carbocycles. The predicted molar refractivity (Wildman–Crippen MR) is 73.5 cm³/mol. The highest BCUT2D eigenvalue weighted by atomic mass is 16.3. The van der Waals surface area contributed by atoms with Gasteiger partial charge in [-0.25, -0.2) is 0 Å². The van der Waals surface area contributed by atoms with Crippen LogP contribution < -0.4 is 0 Å². The molecule has 0 aromatic heterocycles. The third kappa shape index (κ3) is 4.22. The van der Waals surface area contributed by atoms with Crippen LogP contribution in [-0.4, -0.2) is 46.5 Å². The van der Waals surface area contributed by atoms with Crippen molar-refractivity contribution in [1.29, 1.82) is 0 Å². The Kier molecular flexibility index (Phi) is 5.05. The largest absolute Gasteiger partial charge is 0.396 e. The van der Waals surface area contributed by atoms with Gasteiger partial charge in [-0.05, 0) is 63.8 Å². The van der Waals surface area contributed by atoms with Crippen molar-refractivity contribution in [2.24, 2.45) is 5.92 Å². The number of nitrogens with zero attached hydrogens (tertiary/aromatic N) is 1. The molecular weight excluding hydrogens is 226 g/mol. The number of hydrogen-bond donors (Lipinski definition) is 2. The van der Waals surface area contributed by atoms with Crippen LogP contribution in [0.15, 0.2) is 0 Å². The number of rotatable bonds is 7. The van der Waals surface area contributed by atoms with E-state index in [0.29, 0.717) is 12.6 Å². The molecule has 3 nitrogen and oxygen atoms in total. The van der Waals surface area contributed by atoms with Crippen LogP contribution >= 0.6 is 0 Å². The van der Waals surface area contributed by atoms with E-state index in [-0.39, 0.29) is 0 Å². The van der Waals surface area contributed by atoms with Gasteiger partial charge in [0.1, 0.15) is 0 Å². The summed E-state index contributed by atoms with van der Waals surface area (Å²) in [5.74, 6) is 0.786. The lowest BCUT2D eigenvalue weighted by Gasteiger charge is -2.39. The number of unbranched alkanes of at least 4 members (excludes halogenated alkanes) is 1. The van der Waals surface area contributed by atoms with Crippen LogP contribution in [0.2, 0.25) is 0 Å². The van der Waals surface area contributed by atoms with E-state index < -0.39 is 5.60 Å². The van der Waals surface area contributed by atoms with Crippen molar-refractivity contribution in [2.75, 3.05) is 19.7 Å². The molecule has 3 heteroatoms. The smallest absolute Gasteiger partial charge is 0.0774 e. The molecular formula is C15H29NO2. The average Bonchev–Trinajstić information content (AvgIpc) is 3.17. The van der Waals surface area contributed by atoms with Gasteiger partial charge in [-0.3, -0.25) is 4.90 Å². The van der Waals surface area contributed by atoms with Gasteiger partial charge in [-0.1, -0.05) is 6.92 Å². The number of aliphatic hydroxyl groups excluding tert-OH is 1.